The Morgan fingerprint density at radius 2 is 1.85 bits per heavy atom. The number of carbonyl (C=O) groups is 2. The number of hydrogen-bond donors (Lipinski definition) is 2. The number of anilines is 1. The number of benzene rings is 3. The van der Waals surface area contributed by atoms with Gasteiger partial charge in [0.2, 0.25) is 11.8 Å². The second kappa shape index (κ2) is 11.6. The lowest BCUT2D eigenvalue weighted by atomic mass is 10.1. The van der Waals surface area contributed by atoms with Crippen molar-refractivity contribution in [2.24, 2.45) is 5.10 Å². The molecule has 3 rings (SSSR count). The lowest BCUT2D eigenvalue weighted by molar-refractivity contribution is -0.126. The van der Waals surface area contributed by atoms with Crippen LogP contribution in [0, 0.1) is 18.3 Å². The van der Waals surface area contributed by atoms with E-state index in [1.807, 2.05) is 43.3 Å². The fourth-order valence-corrected chi connectivity index (χ4v) is 3.41. The van der Waals surface area contributed by atoms with Gasteiger partial charge in [0.25, 0.3) is 0 Å². The van der Waals surface area contributed by atoms with Crippen LogP contribution in [0.1, 0.15) is 28.7 Å². The normalized spacial score (nSPS) is 10.5. The summed E-state index contributed by atoms with van der Waals surface area (Å²) in [5.41, 5.74) is 6.02. The van der Waals surface area contributed by atoms with Crippen LogP contribution in [0.5, 0.6) is 5.75 Å². The highest BCUT2D eigenvalue weighted by atomic mass is 79.9. The predicted octanol–water partition coefficient (Wildman–Crippen LogP) is 4.69. The summed E-state index contributed by atoms with van der Waals surface area (Å²) in [5, 5.41) is 15.8. The van der Waals surface area contributed by atoms with Crippen LogP contribution in [0.25, 0.3) is 0 Å². The van der Waals surface area contributed by atoms with Crippen molar-refractivity contribution in [2.45, 2.75) is 20.0 Å². The molecule has 166 valence electrons. The van der Waals surface area contributed by atoms with E-state index in [-0.39, 0.29) is 13.0 Å². The van der Waals surface area contributed by atoms with Crippen molar-refractivity contribution in [1.82, 2.24) is 5.43 Å². The molecule has 7 nitrogen and oxygen atoms in total. The zero-order chi connectivity index (χ0) is 23.6. The molecule has 0 atom stereocenters. The highest BCUT2D eigenvalue weighted by molar-refractivity contribution is 9.10. The van der Waals surface area contributed by atoms with Gasteiger partial charge in [-0.15, -0.1) is 0 Å². The number of hydrogen-bond acceptors (Lipinski definition) is 5. The van der Waals surface area contributed by atoms with E-state index in [0.717, 1.165) is 16.7 Å². The topological polar surface area (TPSA) is 104 Å². The second-order valence-corrected chi connectivity index (χ2v) is 7.93. The standard InChI is InChI=1S/C25H21BrN4O3/c1-17-6-2-5-9-22(17)29-24(31)13-25(32)30-28-15-18-10-11-23(21(26)12-18)33-16-20-8-4-3-7-19(20)14-27/h2-12,15H,13,16H2,1H3,(H,29,31)(H,30,32). The third kappa shape index (κ3) is 7.02. The Morgan fingerprint density at radius 1 is 1.09 bits per heavy atom. The number of halogens is 1. The monoisotopic (exact) mass is 504 g/mol. The van der Waals surface area contributed by atoms with E-state index in [2.05, 4.69) is 37.8 Å². The van der Waals surface area contributed by atoms with Crippen LogP contribution < -0.4 is 15.5 Å². The Balaban J connectivity index is 1.50. The minimum absolute atomic E-state index is 0.260. The molecule has 2 amide bonds. The number of carbonyl (C=O) groups excluding carboxylic acids is 2. The van der Waals surface area contributed by atoms with Gasteiger partial charge >= 0.3 is 0 Å². The number of nitrogens with zero attached hydrogens (tertiary/aromatic N) is 2. The van der Waals surface area contributed by atoms with Crippen LogP contribution in [-0.4, -0.2) is 18.0 Å². The number of para-hydroxylation sites is 1. The number of hydrazone groups is 1. The highest BCUT2D eigenvalue weighted by Crippen LogP contribution is 2.26. The summed E-state index contributed by atoms with van der Waals surface area (Å²) in [6.45, 7) is 2.13. The van der Waals surface area contributed by atoms with Crippen LogP contribution >= 0.6 is 15.9 Å². The van der Waals surface area contributed by atoms with Crippen LogP contribution in [-0.2, 0) is 16.2 Å². The van der Waals surface area contributed by atoms with E-state index in [0.29, 0.717) is 21.5 Å². The van der Waals surface area contributed by atoms with Crippen molar-refractivity contribution in [2.75, 3.05) is 5.32 Å². The molecule has 2 N–H and O–H groups in total. The molecule has 0 aromatic heterocycles. The number of aryl methyl sites for hydroxylation is 1. The first-order valence-corrected chi connectivity index (χ1v) is 10.8. The number of nitriles is 1. The Morgan fingerprint density at radius 3 is 2.61 bits per heavy atom. The van der Waals surface area contributed by atoms with Crippen molar-refractivity contribution >= 4 is 39.6 Å². The third-order valence-electron chi connectivity index (χ3n) is 4.62. The van der Waals surface area contributed by atoms with Crippen molar-refractivity contribution in [3.8, 4) is 11.8 Å². The van der Waals surface area contributed by atoms with E-state index in [9.17, 15) is 14.9 Å². The summed E-state index contributed by atoms with van der Waals surface area (Å²) in [7, 11) is 0. The summed E-state index contributed by atoms with van der Waals surface area (Å²) < 4.78 is 6.51. The molecule has 0 aliphatic rings. The Hall–Kier alpha value is -3.96. The average Bonchev–Trinajstić information content (AvgIpc) is 2.80. The third-order valence-corrected chi connectivity index (χ3v) is 5.24. The number of amides is 2. The minimum Gasteiger partial charge on any atom is -0.488 e. The van der Waals surface area contributed by atoms with Crippen LogP contribution in [0.4, 0.5) is 5.69 Å². The molecule has 33 heavy (non-hydrogen) atoms. The summed E-state index contributed by atoms with van der Waals surface area (Å²) in [5.74, 6) is -0.330. The molecule has 0 bridgehead atoms. The van der Waals surface area contributed by atoms with Gasteiger partial charge in [0.05, 0.1) is 22.3 Å². The average molecular weight is 505 g/mol. The SMILES string of the molecule is Cc1ccccc1NC(=O)CC(=O)NN=Cc1ccc(OCc2ccccc2C#N)c(Br)c1. The number of ether oxygens (including phenoxy) is 1. The van der Waals surface area contributed by atoms with Crippen LogP contribution in [0.15, 0.2) is 76.3 Å². The first-order chi connectivity index (χ1) is 16.0. The maximum atomic E-state index is 12.0. The molecule has 3 aromatic rings. The molecular formula is C25H21BrN4O3. The largest absolute Gasteiger partial charge is 0.488 e. The van der Waals surface area contributed by atoms with Gasteiger partial charge in [-0.25, -0.2) is 5.43 Å². The van der Waals surface area contributed by atoms with E-state index < -0.39 is 11.8 Å². The lowest BCUT2D eigenvalue weighted by Crippen LogP contribution is -2.24. The first-order valence-electron chi connectivity index (χ1n) is 10.0. The lowest BCUT2D eigenvalue weighted by Gasteiger charge is -2.10. The van der Waals surface area contributed by atoms with Crippen molar-refractivity contribution in [3.05, 3.63) is 93.5 Å². The summed E-state index contributed by atoms with van der Waals surface area (Å²) >= 11 is 3.46. The summed E-state index contributed by atoms with van der Waals surface area (Å²) in [4.78, 5) is 24.0. The maximum absolute atomic E-state index is 12.0. The minimum atomic E-state index is -0.521. The van der Waals surface area contributed by atoms with Gasteiger partial charge in [0.1, 0.15) is 18.8 Å². The molecule has 0 fully saturated rings. The first kappa shape index (κ1) is 23.7. The van der Waals surface area contributed by atoms with Gasteiger partial charge < -0.3 is 10.1 Å². The molecule has 0 aliphatic carbocycles. The van der Waals surface area contributed by atoms with Gasteiger partial charge in [0, 0.05) is 11.3 Å². The fraction of sp³-hybridized carbons (Fsp3) is 0.120. The molecule has 0 aliphatic heterocycles. The smallest absolute Gasteiger partial charge is 0.249 e. The van der Waals surface area contributed by atoms with Crippen molar-refractivity contribution < 1.29 is 14.3 Å². The second-order valence-electron chi connectivity index (χ2n) is 7.08. The van der Waals surface area contributed by atoms with Crippen molar-refractivity contribution in [1.29, 1.82) is 5.26 Å². The zero-order valence-electron chi connectivity index (χ0n) is 17.8. The molecule has 0 unspecified atom stereocenters. The van der Waals surface area contributed by atoms with Gasteiger partial charge in [-0.05, 0) is 64.3 Å². The van der Waals surface area contributed by atoms with Crippen LogP contribution in [0.2, 0.25) is 0 Å². The van der Waals surface area contributed by atoms with Gasteiger partial charge in [-0.3, -0.25) is 9.59 Å². The molecule has 0 saturated heterocycles. The molecule has 0 spiro atoms. The molecule has 0 radical (unpaired) electrons. The van der Waals surface area contributed by atoms with Gasteiger partial charge in [0.15, 0.2) is 0 Å². The Labute approximate surface area is 200 Å². The van der Waals surface area contributed by atoms with Crippen LogP contribution in [0.3, 0.4) is 0 Å². The molecule has 0 heterocycles. The maximum Gasteiger partial charge on any atom is 0.249 e. The fourth-order valence-electron chi connectivity index (χ4n) is 2.90. The molecule has 3 aromatic carbocycles. The predicted molar refractivity (Wildman–Crippen MR) is 130 cm³/mol. The zero-order valence-corrected chi connectivity index (χ0v) is 19.4. The summed E-state index contributed by atoms with van der Waals surface area (Å²) in [6, 6.07) is 22.1. The number of rotatable bonds is 8. The van der Waals surface area contributed by atoms with E-state index in [1.165, 1.54) is 6.21 Å². The Bertz CT molecular complexity index is 1230. The number of nitrogens with one attached hydrogen (secondary N) is 2. The Kier molecular flexibility index (Phi) is 8.33. The molecular weight excluding hydrogens is 484 g/mol. The van der Waals surface area contributed by atoms with Gasteiger partial charge in [-0.1, -0.05) is 36.4 Å². The van der Waals surface area contributed by atoms with E-state index in [4.69, 9.17) is 4.74 Å². The van der Waals surface area contributed by atoms with E-state index >= 15 is 0 Å². The quantitative estimate of drug-likeness (QED) is 0.263. The van der Waals surface area contributed by atoms with Gasteiger partial charge in [-0.2, -0.15) is 10.4 Å². The van der Waals surface area contributed by atoms with Crippen molar-refractivity contribution in [3.63, 3.8) is 0 Å². The molecule has 0 saturated carbocycles. The molecule has 8 heteroatoms. The summed E-state index contributed by atoms with van der Waals surface area (Å²) in [6.07, 6.45) is 1.13. The van der Waals surface area contributed by atoms with E-state index in [1.54, 1.807) is 30.3 Å². The highest BCUT2D eigenvalue weighted by Gasteiger charge is 2.10.